The molecule has 0 bridgehead atoms. The molecule has 2 N–H and O–H groups in total. The van der Waals surface area contributed by atoms with Gasteiger partial charge in [-0.15, -0.1) is 11.3 Å². The van der Waals surface area contributed by atoms with Crippen LogP contribution in [0.2, 0.25) is 0 Å². The maximum absolute atomic E-state index is 12.4. The summed E-state index contributed by atoms with van der Waals surface area (Å²) >= 11 is 1.59. The van der Waals surface area contributed by atoms with Crippen LogP contribution >= 0.6 is 11.3 Å². The van der Waals surface area contributed by atoms with E-state index in [0.717, 1.165) is 33.0 Å². The van der Waals surface area contributed by atoms with Crippen molar-refractivity contribution in [1.29, 1.82) is 0 Å². The van der Waals surface area contributed by atoms with Crippen molar-refractivity contribution in [1.82, 2.24) is 9.97 Å². The zero-order valence-electron chi connectivity index (χ0n) is 17.4. The van der Waals surface area contributed by atoms with Crippen LogP contribution < -0.4 is 10.6 Å². The van der Waals surface area contributed by atoms with E-state index >= 15 is 0 Å². The fourth-order valence-electron chi connectivity index (χ4n) is 3.15. The molecule has 32 heavy (non-hydrogen) atoms. The van der Waals surface area contributed by atoms with Crippen molar-refractivity contribution in [3.63, 3.8) is 0 Å². The maximum atomic E-state index is 12.4. The molecular formula is C23H20N4O3S2. The number of sulfone groups is 1. The molecule has 2 heterocycles. The smallest absolute Gasteiger partial charge is 0.308 e. The summed E-state index contributed by atoms with van der Waals surface area (Å²) in [6.07, 6.45) is 4.61. The van der Waals surface area contributed by atoms with E-state index in [1.54, 1.807) is 41.9 Å². The van der Waals surface area contributed by atoms with Crippen molar-refractivity contribution in [2.75, 3.05) is 16.9 Å². The maximum Gasteiger partial charge on any atom is 0.323 e. The van der Waals surface area contributed by atoms with Crippen LogP contribution in [0.3, 0.4) is 0 Å². The summed E-state index contributed by atoms with van der Waals surface area (Å²) in [5.74, 6) is 0. The largest absolute Gasteiger partial charge is 0.323 e. The van der Waals surface area contributed by atoms with Gasteiger partial charge in [-0.05, 0) is 61.0 Å². The van der Waals surface area contributed by atoms with E-state index in [1.165, 1.54) is 12.1 Å². The molecule has 0 atom stereocenters. The highest BCUT2D eigenvalue weighted by atomic mass is 32.2. The van der Waals surface area contributed by atoms with Crippen molar-refractivity contribution >= 4 is 38.6 Å². The van der Waals surface area contributed by atoms with Crippen LogP contribution in [0.5, 0.6) is 0 Å². The Kier molecular flexibility index (Phi) is 6.02. The monoisotopic (exact) mass is 464 g/mol. The molecule has 4 aromatic rings. The second-order valence-corrected chi connectivity index (χ2v) is 10.3. The molecule has 4 rings (SSSR count). The number of urea groups is 1. The molecule has 2 aromatic heterocycles. The first-order valence-electron chi connectivity index (χ1n) is 9.66. The van der Waals surface area contributed by atoms with E-state index in [9.17, 15) is 13.2 Å². The van der Waals surface area contributed by atoms with E-state index in [-0.39, 0.29) is 4.90 Å². The van der Waals surface area contributed by atoms with Gasteiger partial charge in [0, 0.05) is 35.6 Å². The van der Waals surface area contributed by atoms with Gasteiger partial charge >= 0.3 is 6.03 Å². The standard InChI is InChI=1S/C23H20N4O3S2/c1-15-25-21(16-10-12-24-13-11-16)22(31-15)17-4-3-5-19(14-17)27-23(28)26-18-6-8-20(9-7-18)32(2,29)30/h3-14H,1-2H3,(H2,26,27,28). The van der Waals surface area contributed by atoms with Crippen LogP contribution in [-0.4, -0.2) is 30.7 Å². The molecule has 0 spiro atoms. The van der Waals surface area contributed by atoms with Crippen molar-refractivity contribution in [2.45, 2.75) is 11.8 Å². The van der Waals surface area contributed by atoms with E-state index < -0.39 is 15.9 Å². The minimum absolute atomic E-state index is 0.195. The number of rotatable bonds is 5. The fourth-order valence-corrected chi connectivity index (χ4v) is 4.71. The van der Waals surface area contributed by atoms with Crippen LogP contribution in [0.25, 0.3) is 21.7 Å². The fraction of sp³-hybridized carbons (Fsp3) is 0.0870. The number of hydrogen-bond acceptors (Lipinski definition) is 6. The van der Waals surface area contributed by atoms with Gasteiger partial charge in [0.1, 0.15) is 0 Å². The number of anilines is 2. The average molecular weight is 465 g/mol. The number of pyridine rings is 1. The molecule has 0 unspecified atom stereocenters. The molecule has 0 aliphatic carbocycles. The van der Waals surface area contributed by atoms with Gasteiger partial charge in [-0.1, -0.05) is 12.1 Å². The highest BCUT2D eigenvalue weighted by Gasteiger charge is 2.14. The predicted molar refractivity (Wildman–Crippen MR) is 128 cm³/mol. The summed E-state index contributed by atoms with van der Waals surface area (Å²) in [7, 11) is -3.29. The Hall–Kier alpha value is -3.56. The number of benzene rings is 2. The van der Waals surface area contributed by atoms with Crippen LogP contribution in [0.1, 0.15) is 5.01 Å². The second kappa shape index (κ2) is 8.89. The van der Waals surface area contributed by atoms with Gasteiger partial charge < -0.3 is 10.6 Å². The molecule has 9 heteroatoms. The lowest BCUT2D eigenvalue weighted by molar-refractivity contribution is 0.262. The average Bonchev–Trinajstić information content (AvgIpc) is 3.16. The zero-order chi connectivity index (χ0) is 22.7. The summed E-state index contributed by atoms with van der Waals surface area (Å²) in [5, 5.41) is 6.47. The predicted octanol–water partition coefficient (Wildman–Crippen LogP) is 5.23. The number of thiazole rings is 1. The molecular weight excluding hydrogens is 444 g/mol. The van der Waals surface area contributed by atoms with E-state index in [4.69, 9.17) is 0 Å². The molecule has 0 aliphatic heterocycles. The molecule has 0 saturated carbocycles. The number of aryl methyl sites for hydroxylation is 1. The number of amides is 2. The van der Waals surface area contributed by atoms with E-state index in [1.807, 2.05) is 37.3 Å². The third-order valence-corrected chi connectivity index (χ3v) is 6.76. The number of nitrogens with zero attached hydrogens (tertiary/aromatic N) is 2. The summed E-state index contributed by atoms with van der Waals surface area (Å²) in [6, 6.07) is 17.0. The molecule has 0 saturated heterocycles. The van der Waals surface area contributed by atoms with Gasteiger partial charge in [0.25, 0.3) is 0 Å². The van der Waals surface area contributed by atoms with Crippen LogP contribution in [-0.2, 0) is 9.84 Å². The van der Waals surface area contributed by atoms with Crippen molar-refractivity contribution in [3.8, 4) is 21.7 Å². The van der Waals surface area contributed by atoms with Gasteiger partial charge in [0.05, 0.1) is 20.5 Å². The summed E-state index contributed by atoms with van der Waals surface area (Å²) in [5.41, 5.74) is 3.91. The highest BCUT2D eigenvalue weighted by molar-refractivity contribution is 7.90. The normalized spacial score (nSPS) is 11.2. The minimum Gasteiger partial charge on any atom is -0.308 e. The van der Waals surface area contributed by atoms with Crippen molar-refractivity contribution in [3.05, 3.63) is 78.1 Å². The molecule has 162 valence electrons. The third kappa shape index (κ3) is 5.01. The Morgan fingerprint density at radius 3 is 2.28 bits per heavy atom. The van der Waals surface area contributed by atoms with Gasteiger partial charge in [-0.3, -0.25) is 4.98 Å². The first-order chi connectivity index (χ1) is 15.3. The Labute approximate surface area is 190 Å². The van der Waals surface area contributed by atoms with Crippen LogP contribution in [0.4, 0.5) is 16.2 Å². The van der Waals surface area contributed by atoms with Crippen LogP contribution in [0, 0.1) is 6.92 Å². The number of nitrogens with one attached hydrogen (secondary N) is 2. The van der Waals surface area contributed by atoms with Crippen molar-refractivity contribution in [2.24, 2.45) is 0 Å². The SMILES string of the molecule is Cc1nc(-c2ccncc2)c(-c2cccc(NC(=O)Nc3ccc(S(C)(=O)=O)cc3)c2)s1. The van der Waals surface area contributed by atoms with Gasteiger partial charge in [-0.25, -0.2) is 18.2 Å². The summed E-state index contributed by atoms with van der Waals surface area (Å²) in [6.45, 7) is 1.96. The molecule has 0 fully saturated rings. The van der Waals surface area contributed by atoms with Crippen LogP contribution in [0.15, 0.2) is 78.0 Å². The van der Waals surface area contributed by atoms with Gasteiger partial charge in [-0.2, -0.15) is 0 Å². The number of hydrogen-bond donors (Lipinski definition) is 2. The molecule has 0 radical (unpaired) electrons. The Balaban J connectivity index is 1.53. The van der Waals surface area contributed by atoms with Gasteiger partial charge in [0.15, 0.2) is 9.84 Å². The van der Waals surface area contributed by atoms with Gasteiger partial charge in [0.2, 0.25) is 0 Å². The molecule has 0 aliphatic rings. The summed E-state index contributed by atoms with van der Waals surface area (Å²) in [4.78, 5) is 22.4. The first kappa shape index (κ1) is 21.7. The molecule has 7 nitrogen and oxygen atoms in total. The number of carbonyl (C=O) groups excluding carboxylic acids is 1. The zero-order valence-corrected chi connectivity index (χ0v) is 19.0. The number of aromatic nitrogens is 2. The van der Waals surface area contributed by atoms with E-state index in [0.29, 0.717) is 11.4 Å². The molecule has 2 amide bonds. The Morgan fingerprint density at radius 1 is 0.906 bits per heavy atom. The third-order valence-electron chi connectivity index (χ3n) is 4.61. The highest BCUT2D eigenvalue weighted by Crippen LogP contribution is 2.37. The molecule has 2 aromatic carbocycles. The lowest BCUT2D eigenvalue weighted by Crippen LogP contribution is -2.19. The number of carbonyl (C=O) groups is 1. The lowest BCUT2D eigenvalue weighted by atomic mass is 10.1. The van der Waals surface area contributed by atoms with E-state index in [2.05, 4.69) is 20.6 Å². The minimum atomic E-state index is -3.29. The summed E-state index contributed by atoms with van der Waals surface area (Å²) < 4.78 is 23.1. The Bertz CT molecular complexity index is 1370. The lowest BCUT2D eigenvalue weighted by Gasteiger charge is -2.10. The van der Waals surface area contributed by atoms with Crippen molar-refractivity contribution < 1.29 is 13.2 Å². The first-order valence-corrected chi connectivity index (χ1v) is 12.4. The quantitative estimate of drug-likeness (QED) is 0.421. The topological polar surface area (TPSA) is 101 Å². The Morgan fingerprint density at radius 2 is 1.59 bits per heavy atom. The second-order valence-electron chi connectivity index (χ2n) is 7.10.